The summed E-state index contributed by atoms with van der Waals surface area (Å²) in [7, 11) is 0. The fourth-order valence-electron chi connectivity index (χ4n) is 8.39. The lowest BCUT2D eigenvalue weighted by molar-refractivity contribution is -0.140. The van der Waals surface area contributed by atoms with E-state index in [1.807, 2.05) is 0 Å². The number of hydrogen-bond acceptors (Lipinski definition) is 5. The molecule has 4 aliphatic rings. The van der Waals surface area contributed by atoms with Crippen molar-refractivity contribution in [2.45, 2.75) is 123 Å². The molecule has 6 rings (SSSR count). The molecule has 49 heavy (non-hydrogen) atoms. The van der Waals surface area contributed by atoms with Crippen LogP contribution in [0, 0.1) is 13.8 Å². The van der Waals surface area contributed by atoms with E-state index < -0.39 is 18.1 Å². The SMILES string of the molecule is CCCCN1C(=CC=C2CCCC3=C(/C=C4\N(CCCC)c5ccc(C)cc5C4(C)C)C(O)C(C(=O)O)N=C23)C(C)(C)c2cc(C)ccc21. The van der Waals surface area contributed by atoms with Crippen LogP contribution in [0.4, 0.5) is 11.4 Å². The first kappa shape index (κ1) is 34.9. The number of anilines is 2. The maximum absolute atomic E-state index is 12.7. The molecule has 2 unspecified atom stereocenters. The molecule has 6 heteroatoms. The Morgan fingerprint density at radius 1 is 0.857 bits per heavy atom. The molecule has 260 valence electrons. The van der Waals surface area contributed by atoms with Gasteiger partial charge in [-0.15, -0.1) is 0 Å². The van der Waals surface area contributed by atoms with Gasteiger partial charge in [-0.1, -0.05) is 95.9 Å². The molecule has 3 aliphatic heterocycles. The molecule has 0 amide bonds. The molecule has 2 aromatic rings. The number of allylic oxidation sites excluding steroid dienone is 6. The van der Waals surface area contributed by atoms with Crippen molar-refractivity contribution in [2.24, 2.45) is 4.99 Å². The minimum absolute atomic E-state index is 0.174. The molecule has 3 heterocycles. The zero-order chi connectivity index (χ0) is 35.2. The van der Waals surface area contributed by atoms with Crippen molar-refractivity contribution in [2.75, 3.05) is 22.9 Å². The number of aliphatic carboxylic acids is 1. The summed E-state index contributed by atoms with van der Waals surface area (Å²) >= 11 is 0. The Kier molecular flexibility index (Phi) is 9.58. The first-order valence-corrected chi connectivity index (χ1v) is 18.4. The summed E-state index contributed by atoms with van der Waals surface area (Å²) in [6.07, 6.45) is 12.2. The molecular weight excluding hydrogens is 606 g/mol. The summed E-state index contributed by atoms with van der Waals surface area (Å²) in [5, 5.41) is 22.1. The third-order valence-electron chi connectivity index (χ3n) is 11.3. The molecule has 0 saturated heterocycles. The predicted molar refractivity (Wildman–Crippen MR) is 203 cm³/mol. The molecule has 2 aromatic carbocycles. The van der Waals surface area contributed by atoms with E-state index in [0.717, 1.165) is 80.6 Å². The maximum Gasteiger partial charge on any atom is 0.331 e. The average Bonchev–Trinajstić information content (AvgIpc) is 3.39. The summed E-state index contributed by atoms with van der Waals surface area (Å²) < 4.78 is 0. The summed E-state index contributed by atoms with van der Waals surface area (Å²) in [4.78, 5) is 22.3. The number of hydrogen-bond donors (Lipinski definition) is 2. The van der Waals surface area contributed by atoms with Crippen LogP contribution in [0.3, 0.4) is 0 Å². The molecule has 1 aliphatic carbocycles. The van der Waals surface area contributed by atoms with Gasteiger partial charge < -0.3 is 20.0 Å². The molecule has 2 atom stereocenters. The number of aliphatic hydroxyl groups excluding tert-OH is 1. The predicted octanol–water partition coefficient (Wildman–Crippen LogP) is 9.24. The fourth-order valence-corrected chi connectivity index (χ4v) is 8.39. The quantitative estimate of drug-likeness (QED) is 0.280. The lowest BCUT2D eigenvalue weighted by Gasteiger charge is -2.34. The number of fused-ring (bicyclic) bond motifs is 3. The zero-order valence-electron chi connectivity index (χ0n) is 30.9. The van der Waals surface area contributed by atoms with Crippen LogP contribution in [0.15, 0.2) is 87.7 Å². The van der Waals surface area contributed by atoms with E-state index in [-0.39, 0.29) is 10.8 Å². The van der Waals surface area contributed by atoms with Crippen molar-refractivity contribution in [3.63, 3.8) is 0 Å². The summed E-state index contributed by atoms with van der Waals surface area (Å²) in [5.74, 6) is -1.10. The van der Waals surface area contributed by atoms with Gasteiger partial charge in [-0.05, 0) is 98.1 Å². The average molecular weight is 662 g/mol. The molecule has 1 saturated carbocycles. The van der Waals surface area contributed by atoms with Crippen molar-refractivity contribution < 1.29 is 15.0 Å². The standard InChI is InChI=1S/C43H55N3O3/c1-9-11-22-45-34-19-16-27(3)24-32(34)42(5,6)36(45)21-18-29-14-13-15-30-31(40(47)39(41(48)49)44-38(29)30)26-37-43(7,8)33-25-28(4)17-20-35(33)46(37)23-12-10-2/h16-21,24-26,39-40,47H,9-15,22-23H2,1-8H3,(H,48,49)/b29-18?,36-21?,37-26-. The van der Waals surface area contributed by atoms with E-state index in [0.29, 0.717) is 5.57 Å². The third-order valence-corrected chi connectivity index (χ3v) is 11.3. The van der Waals surface area contributed by atoms with Gasteiger partial charge >= 0.3 is 5.97 Å². The zero-order valence-corrected chi connectivity index (χ0v) is 30.9. The van der Waals surface area contributed by atoms with Crippen molar-refractivity contribution in [3.05, 3.63) is 105 Å². The summed E-state index contributed by atoms with van der Waals surface area (Å²) in [6, 6.07) is 12.2. The van der Waals surface area contributed by atoms with Crippen LogP contribution >= 0.6 is 0 Å². The molecule has 0 aromatic heterocycles. The van der Waals surface area contributed by atoms with E-state index in [1.165, 1.54) is 39.3 Å². The highest BCUT2D eigenvalue weighted by atomic mass is 16.4. The number of aliphatic hydroxyl groups is 1. The van der Waals surface area contributed by atoms with E-state index in [1.54, 1.807) is 0 Å². The first-order chi connectivity index (χ1) is 23.3. The fraction of sp³-hybridized carbons (Fsp3) is 0.488. The van der Waals surface area contributed by atoms with E-state index in [2.05, 4.69) is 120 Å². The molecule has 0 spiro atoms. The number of aliphatic imine (C=N–C) groups is 1. The van der Waals surface area contributed by atoms with Crippen LogP contribution in [-0.2, 0) is 15.6 Å². The Morgan fingerprint density at radius 3 is 1.96 bits per heavy atom. The number of aryl methyl sites for hydroxylation is 2. The Labute approximate surface area is 293 Å². The molecule has 2 N–H and O–H groups in total. The monoisotopic (exact) mass is 661 g/mol. The minimum atomic E-state index is -1.26. The van der Waals surface area contributed by atoms with Gasteiger partial charge in [0.1, 0.15) is 6.10 Å². The van der Waals surface area contributed by atoms with E-state index in [4.69, 9.17) is 4.99 Å². The van der Waals surface area contributed by atoms with Crippen LogP contribution in [0.5, 0.6) is 0 Å². The van der Waals surface area contributed by atoms with Gasteiger partial charge in [-0.25, -0.2) is 4.79 Å². The van der Waals surface area contributed by atoms with Gasteiger partial charge in [-0.2, -0.15) is 0 Å². The largest absolute Gasteiger partial charge is 0.480 e. The van der Waals surface area contributed by atoms with Gasteiger partial charge in [0.15, 0.2) is 6.04 Å². The second-order valence-electron chi connectivity index (χ2n) is 15.6. The van der Waals surface area contributed by atoms with Gasteiger partial charge in [0.2, 0.25) is 0 Å². The lowest BCUT2D eigenvalue weighted by Crippen LogP contribution is -2.40. The highest BCUT2D eigenvalue weighted by molar-refractivity contribution is 6.15. The Morgan fingerprint density at radius 2 is 1.41 bits per heavy atom. The van der Waals surface area contributed by atoms with E-state index in [9.17, 15) is 15.0 Å². The second kappa shape index (κ2) is 13.4. The number of nitrogens with zero attached hydrogens (tertiary/aromatic N) is 3. The molecule has 1 fully saturated rings. The second-order valence-corrected chi connectivity index (χ2v) is 15.6. The van der Waals surface area contributed by atoms with Gasteiger partial charge in [0.25, 0.3) is 0 Å². The molecule has 0 bridgehead atoms. The number of benzene rings is 2. The van der Waals surface area contributed by atoms with Crippen LogP contribution in [0.25, 0.3) is 0 Å². The Bertz CT molecular complexity index is 1800. The smallest absolute Gasteiger partial charge is 0.331 e. The first-order valence-electron chi connectivity index (χ1n) is 18.4. The minimum Gasteiger partial charge on any atom is -0.480 e. The van der Waals surface area contributed by atoms with Crippen LogP contribution in [-0.4, -0.2) is 47.1 Å². The molecule has 6 nitrogen and oxygen atoms in total. The van der Waals surface area contributed by atoms with Gasteiger partial charge in [-0.3, -0.25) is 4.99 Å². The van der Waals surface area contributed by atoms with Crippen molar-refractivity contribution in [1.29, 1.82) is 0 Å². The molecule has 0 radical (unpaired) electrons. The number of carbonyl (C=O) groups is 1. The highest BCUT2D eigenvalue weighted by Gasteiger charge is 2.44. The topological polar surface area (TPSA) is 76.4 Å². The van der Waals surface area contributed by atoms with Crippen molar-refractivity contribution >= 4 is 23.1 Å². The van der Waals surface area contributed by atoms with Gasteiger partial charge in [0.05, 0.1) is 5.71 Å². The molecular formula is C43H55N3O3. The van der Waals surface area contributed by atoms with Gasteiger partial charge in [0, 0.05) is 46.7 Å². The lowest BCUT2D eigenvalue weighted by atomic mass is 9.77. The Balaban J connectivity index is 1.47. The summed E-state index contributed by atoms with van der Waals surface area (Å²) in [5.41, 5.74) is 13.0. The highest BCUT2D eigenvalue weighted by Crippen LogP contribution is 2.50. The van der Waals surface area contributed by atoms with Crippen molar-refractivity contribution in [3.8, 4) is 0 Å². The number of carboxylic acids is 1. The van der Waals surface area contributed by atoms with E-state index >= 15 is 0 Å². The number of carboxylic acid groups (broad SMARTS) is 1. The normalized spacial score (nSPS) is 24.8. The number of unbranched alkanes of at least 4 members (excludes halogenated alkanes) is 2. The Hall–Kier alpha value is -3.90. The number of rotatable bonds is 9. The summed E-state index contributed by atoms with van der Waals surface area (Å²) in [6.45, 7) is 19.7. The number of dihydropyridines is 1. The van der Waals surface area contributed by atoms with Crippen molar-refractivity contribution in [1.82, 2.24) is 0 Å². The van der Waals surface area contributed by atoms with Crippen LogP contribution in [0.1, 0.15) is 109 Å². The maximum atomic E-state index is 12.7. The van der Waals surface area contributed by atoms with Crippen LogP contribution < -0.4 is 9.80 Å². The van der Waals surface area contributed by atoms with Crippen LogP contribution in [0.2, 0.25) is 0 Å². The third kappa shape index (κ3) is 6.11.